The van der Waals surface area contributed by atoms with Gasteiger partial charge in [0.15, 0.2) is 0 Å². The summed E-state index contributed by atoms with van der Waals surface area (Å²) in [7, 11) is 0. The van der Waals surface area contributed by atoms with Crippen LogP contribution in [-0.2, 0) is 0 Å². The molecule has 5 aromatic rings. The molecule has 0 aliphatic carbocycles. The number of carbonyl (C=O) groups is 1. The molecule has 5 rings (SSSR count). The first kappa shape index (κ1) is 17.3. The van der Waals surface area contributed by atoms with Gasteiger partial charge in [-0.15, -0.1) is 0 Å². The molecule has 0 spiro atoms. The highest BCUT2D eigenvalue weighted by atomic mass is 16.7. The van der Waals surface area contributed by atoms with E-state index in [0.29, 0.717) is 11.5 Å². The maximum absolute atomic E-state index is 12.4. The summed E-state index contributed by atoms with van der Waals surface area (Å²) < 4.78 is 10.9. The molecule has 0 aliphatic rings. The number of para-hydroxylation sites is 1. The highest BCUT2D eigenvalue weighted by Gasteiger charge is 2.13. The van der Waals surface area contributed by atoms with Crippen LogP contribution in [0.15, 0.2) is 91.0 Å². The number of ether oxygens (including phenoxy) is 2. The molecule has 0 N–H and O–H groups in total. The molecule has 0 saturated carbocycles. The van der Waals surface area contributed by atoms with Gasteiger partial charge in [0.2, 0.25) is 0 Å². The Bertz CT molecular complexity index is 1390. The van der Waals surface area contributed by atoms with Crippen molar-refractivity contribution in [1.82, 2.24) is 0 Å². The zero-order valence-electron chi connectivity index (χ0n) is 15.9. The summed E-state index contributed by atoms with van der Waals surface area (Å²) in [6.45, 7) is 1.89. The van der Waals surface area contributed by atoms with Crippen molar-refractivity contribution in [1.29, 1.82) is 0 Å². The van der Waals surface area contributed by atoms with Crippen LogP contribution in [-0.4, -0.2) is 6.16 Å². The number of aryl methyl sites for hydroxylation is 1. The Morgan fingerprint density at radius 1 is 0.552 bits per heavy atom. The van der Waals surface area contributed by atoms with Gasteiger partial charge in [0.1, 0.15) is 11.5 Å². The molecule has 0 heterocycles. The summed E-state index contributed by atoms with van der Waals surface area (Å²) in [5.74, 6) is 0.978. The maximum Gasteiger partial charge on any atom is 0.519 e. The molecule has 140 valence electrons. The van der Waals surface area contributed by atoms with Crippen LogP contribution in [0, 0.1) is 6.92 Å². The monoisotopic (exact) mass is 378 g/mol. The molecule has 0 aromatic heterocycles. The van der Waals surface area contributed by atoms with Gasteiger partial charge in [-0.1, -0.05) is 72.8 Å². The van der Waals surface area contributed by atoms with E-state index in [1.165, 1.54) is 16.2 Å². The molecule has 3 heteroatoms. The Hall–Kier alpha value is -3.85. The van der Waals surface area contributed by atoms with Gasteiger partial charge in [-0.2, -0.15) is 0 Å². The Labute approximate surface area is 168 Å². The maximum atomic E-state index is 12.4. The second kappa shape index (κ2) is 6.95. The SMILES string of the molecule is Cc1ccccc1OC(=O)Oc1cccc2c1ccc1c3ccccc3ccc21. The zero-order valence-corrected chi connectivity index (χ0v) is 15.9. The van der Waals surface area contributed by atoms with Gasteiger partial charge in [-0.05, 0) is 57.6 Å². The van der Waals surface area contributed by atoms with E-state index < -0.39 is 6.16 Å². The Balaban J connectivity index is 1.56. The normalized spacial score (nSPS) is 11.1. The standard InChI is InChI=1S/C26H18O3/c1-17-7-2-5-11-24(17)28-26(27)29-25-12-6-10-20-22-14-13-18-8-3-4-9-19(18)21(22)15-16-23(20)25/h2-16H,1H3. The predicted octanol–water partition coefficient (Wildman–Crippen LogP) is 7.03. The smallest absolute Gasteiger partial charge is 0.394 e. The van der Waals surface area contributed by atoms with Crippen molar-refractivity contribution in [2.45, 2.75) is 6.92 Å². The van der Waals surface area contributed by atoms with Crippen LogP contribution < -0.4 is 9.47 Å². The van der Waals surface area contributed by atoms with Crippen LogP contribution in [0.5, 0.6) is 11.5 Å². The number of benzene rings is 5. The van der Waals surface area contributed by atoms with Gasteiger partial charge in [0, 0.05) is 5.39 Å². The molecule has 5 aromatic carbocycles. The lowest BCUT2D eigenvalue weighted by atomic mass is 9.97. The van der Waals surface area contributed by atoms with Crippen LogP contribution in [0.3, 0.4) is 0 Å². The third kappa shape index (κ3) is 3.07. The van der Waals surface area contributed by atoms with Gasteiger partial charge in [0.25, 0.3) is 0 Å². The van der Waals surface area contributed by atoms with E-state index >= 15 is 0 Å². The average Bonchev–Trinajstić information content (AvgIpc) is 2.75. The summed E-state index contributed by atoms with van der Waals surface area (Å²) in [4.78, 5) is 12.4. The summed E-state index contributed by atoms with van der Waals surface area (Å²) >= 11 is 0. The average molecular weight is 378 g/mol. The molecule has 0 saturated heterocycles. The second-order valence-electron chi connectivity index (χ2n) is 7.02. The number of carbonyl (C=O) groups excluding carboxylic acids is 1. The number of hydrogen-bond acceptors (Lipinski definition) is 3. The fourth-order valence-electron chi connectivity index (χ4n) is 3.79. The summed E-state index contributed by atoms with van der Waals surface area (Å²) in [6.07, 6.45) is -0.745. The van der Waals surface area contributed by atoms with Crippen molar-refractivity contribution in [3.63, 3.8) is 0 Å². The van der Waals surface area contributed by atoms with E-state index in [9.17, 15) is 4.79 Å². The molecule has 29 heavy (non-hydrogen) atoms. The van der Waals surface area contributed by atoms with Crippen molar-refractivity contribution in [3.8, 4) is 11.5 Å². The molecule has 0 atom stereocenters. The Morgan fingerprint density at radius 3 is 2.03 bits per heavy atom. The molecule has 0 radical (unpaired) electrons. The van der Waals surface area contributed by atoms with E-state index in [-0.39, 0.29) is 0 Å². The largest absolute Gasteiger partial charge is 0.519 e. The lowest BCUT2D eigenvalue weighted by Crippen LogP contribution is -2.14. The molecule has 0 aliphatic heterocycles. The van der Waals surface area contributed by atoms with Gasteiger partial charge in [-0.3, -0.25) is 0 Å². The van der Waals surface area contributed by atoms with E-state index in [1.54, 1.807) is 12.1 Å². The first-order valence-corrected chi connectivity index (χ1v) is 9.49. The van der Waals surface area contributed by atoms with Crippen LogP contribution in [0.2, 0.25) is 0 Å². The van der Waals surface area contributed by atoms with Gasteiger partial charge in [-0.25, -0.2) is 4.79 Å². The van der Waals surface area contributed by atoms with E-state index in [2.05, 4.69) is 30.3 Å². The van der Waals surface area contributed by atoms with E-state index in [0.717, 1.165) is 21.7 Å². The van der Waals surface area contributed by atoms with Crippen LogP contribution in [0.4, 0.5) is 4.79 Å². The Morgan fingerprint density at radius 2 is 1.14 bits per heavy atom. The highest BCUT2D eigenvalue weighted by Crippen LogP contribution is 2.35. The number of fused-ring (bicyclic) bond motifs is 5. The molecule has 3 nitrogen and oxygen atoms in total. The van der Waals surface area contributed by atoms with Gasteiger partial charge in [0.05, 0.1) is 0 Å². The summed E-state index contributed by atoms with van der Waals surface area (Å²) in [5.41, 5.74) is 0.875. The second-order valence-corrected chi connectivity index (χ2v) is 7.02. The molecular formula is C26H18O3. The minimum absolute atomic E-state index is 0.483. The highest BCUT2D eigenvalue weighted by molar-refractivity contribution is 6.18. The fourth-order valence-corrected chi connectivity index (χ4v) is 3.79. The van der Waals surface area contributed by atoms with Crippen molar-refractivity contribution in [3.05, 3.63) is 96.6 Å². The fraction of sp³-hybridized carbons (Fsp3) is 0.0385. The molecule has 0 amide bonds. The predicted molar refractivity (Wildman–Crippen MR) is 117 cm³/mol. The quantitative estimate of drug-likeness (QED) is 0.188. The van der Waals surface area contributed by atoms with Crippen LogP contribution >= 0.6 is 0 Å². The van der Waals surface area contributed by atoms with Crippen molar-refractivity contribution < 1.29 is 14.3 Å². The molecule has 0 fully saturated rings. The van der Waals surface area contributed by atoms with E-state index in [1.807, 2.05) is 55.5 Å². The minimum atomic E-state index is -0.745. The van der Waals surface area contributed by atoms with Gasteiger partial charge < -0.3 is 9.47 Å². The first-order chi connectivity index (χ1) is 14.2. The summed E-state index contributed by atoms with van der Waals surface area (Å²) in [6, 6.07) is 29.7. The lowest BCUT2D eigenvalue weighted by molar-refractivity contribution is 0.152. The molecular weight excluding hydrogens is 360 g/mol. The minimum Gasteiger partial charge on any atom is -0.394 e. The topological polar surface area (TPSA) is 35.5 Å². The first-order valence-electron chi connectivity index (χ1n) is 9.49. The van der Waals surface area contributed by atoms with Gasteiger partial charge >= 0.3 is 6.16 Å². The summed E-state index contributed by atoms with van der Waals surface area (Å²) in [5, 5.41) is 6.62. The van der Waals surface area contributed by atoms with Crippen LogP contribution in [0.1, 0.15) is 5.56 Å². The van der Waals surface area contributed by atoms with Crippen molar-refractivity contribution in [2.75, 3.05) is 0 Å². The van der Waals surface area contributed by atoms with Crippen molar-refractivity contribution in [2.24, 2.45) is 0 Å². The number of rotatable bonds is 2. The lowest BCUT2D eigenvalue weighted by Gasteiger charge is -2.12. The zero-order chi connectivity index (χ0) is 19.8. The third-order valence-electron chi connectivity index (χ3n) is 5.22. The third-order valence-corrected chi connectivity index (χ3v) is 5.22. The molecule has 0 bridgehead atoms. The van der Waals surface area contributed by atoms with Crippen molar-refractivity contribution >= 4 is 38.5 Å². The number of hydrogen-bond donors (Lipinski definition) is 0. The van der Waals surface area contributed by atoms with E-state index in [4.69, 9.17) is 9.47 Å². The Kier molecular flexibility index (Phi) is 4.14. The van der Waals surface area contributed by atoms with Crippen LogP contribution in [0.25, 0.3) is 32.3 Å². The molecule has 0 unspecified atom stereocenters.